The first-order chi connectivity index (χ1) is 6.31. The second-order valence-corrected chi connectivity index (χ2v) is 4.15. The molecule has 0 aliphatic heterocycles. The SMILES string of the molecule is CCCCSN(C)CC/N=C/NC. The van der Waals surface area contributed by atoms with Crippen LogP contribution in [-0.2, 0) is 0 Å². The Morgan fingerprint density at radius 1 is 1.54 bits per heavy atom. The fraction of sp³-hybridized carbons (Fsp3) is 0.889. The monoisotopic (exact) mass is 203 g/mol. The molecule has 0 unspecified atom stereocenters. The summed E-state index contributed by atoms with van der Waals surface area (Å²) in [7, 11) is 3.98. The molecular formula is C9H21N3S. The smallest absolute Gasteiger partial charge is 0.0821 e. The van der Waals surface area contributed by atoms with Crippen molar-refractivity contribution in [2.45, 2.75) is 19.8 Å². The zero-order valence-electron chi connectivity index (χ0n) is 8.92. The van der Waals surface area contributed by atoms with E-state index in [9.17, 15) is 0 Å². The Morgan fingerprint density at radius 2 is 2.31 bits per heavy atom. The topological polar surface area (TPSA) is 27.6 Å². The summed E-state index contributed by atoms with van der Waals surface area (Å²) in [4.78, 5) is 4.17. The van der Waals surface area contributed by atoms with Crippen LogP contribution < -0.4 is 5.32 Å². The summed E-state index contributed by atoms with van der Waals surface area (Å²) < 4.78 is 2.25. The molecule has 0 aliphatic carbocycles. The molecule has 4 heteroatoms. The van der Waals surface area contributed by atoms with Crippen molar-refractivity contribution in [3.8, 4) is 0 Å². The zero-order chi connectivity index (χ0) is 9.94. The largest absolute Gasteiger partial charge is 0.380 e. The Kier molecular flexibility index (Phi) is 9.70. The molecule has 0 bridgehead atoms. The third kappa shape index (κ3) is 9.70. The van der Waals surface area contributed by atoms with Crippen LogP contribution in [0, 0.1) is 0 Å². The van der Waals surface area contributed by atoms with Crippen LogP contribution in [0.3, 0.4) is 0 Å². The summed E-state index contributed by atoms with van der Waals surface area (Å²) in [6.07, 6.45) is 4.32. The summed E-state index contributed by atoms with van der Waals surface area (Å²) in [6.45, 7) is 4.11. The Morgan fingerprint density at radius 3 is 2.92 bits per heavy atom. The second-order valence-electron chi connectivity index (χ2n) is 2.86. The third-order valence-electron chi connectivity index (χ3n) is 1.57. The number of hydrogen-bond donors (Lipinski definition) is 1. The van der Waals surface area contributed by atoms with E-state index in [2.05, 4.69) is 28.6 Å². The van der Waals surface area contributed by atoms with E-state index in [0.717, 1.165) is 13.1 Å². The van der Waals surface area contributed by atoms with Crippen LogP contribution in [0.5, 0.6) is 0 Å². The van der Waals surface area contributed by atoms with Gasteiger partial charge in [-0.05, 0) is 13.5 Å². The zero-order valence-corrected chi connectivity index (χ0v) is 9.73. The molecule has 0 aromatic heterocycles. The molecule has 1 N–H and O–H groups in total. The van der Waals surface area contributed by atoms with Gasteiger partial charge in [0.15, 0.2) is 0 Å². The van der Waals surface area contributed by atoms with Crippen molar-refractivity contribution in [3.05, 3.63) is 0 Å². The van der Waals surface area contributed by atoms with Crippen molar-refractivity contribution in [1.29, 1.82) is 0 Å². The predicted molar refractivity (Wildman–Crippen MR) is 62.4 cm³/mol. The first-order valence-corrected chi connectivity index (χ1v) is 5.75. The van der Waals surface area contributed by atoms with Crippen LogP contribution in [0.25, 0.3) is 0 Å². The van der Waals surface area contributed by atoms with E-state index in [4.69, 9.17) is 0 Å². The molecule has 0 heterocycles. The number of hydrogen-bond acceptors (Lipinski definition) is 3. The minimum absolute atomic E-state index is 0.871. The molecule has 0 aliphatic rings. The lowest BCUT2D eigenvalue weighted by atomic mass is 10.4. The van der Waals surface area contributed by atoms with Gasteiger partial charge in [0.1, 0.15) is 0 Å². The van der Waals surface area contributed by atoms with E-state index in [-0.39, 0.29) is 0 Å². The lowest BCUT2D eigenvalue weighted by molar-refractivity contribution is 0.576. The van der Waals surface area contributed by atoms with Gasteiger partial charge in [0, 0.05) is 19.3 Å². The van der Waals surface area contributed by atoms with Crippen molar-refractivity contribution in [2.75, 3.05) is 32.9 Å². The van der Waals surface area contributed by atoms with Gasteiger partial charge >= 0.3 is 0 Å². The highest BCUT2D eigenvalue weighted by atomic mass is 32.2. The van der Waals surface area contributed by atoms with Gasteiger partial charge in [0.25, 0.3) is 0 Å². The van der Waals surface area contributed by atoms with Crippen molar-refractivity contribution < 1.29 is 0 Å². The molecule has 0 atom stereocenters. The number of nitrogens with one attached hydrogen (secondary N) is 1. The number of nitrogens with zero attached hydrogens (tertiary/aromatic N) is 2. The summed E-state index contributed by atoms with van der Waals surface area (Å²) in [5, 5.41) is 2.88. The van der Waals surface area contributed by atoms with Crippen LogP contribution in [0.15, 0.2) is 4.99 Å². The van der Waals surface area contributed by atoms with Crippen molar-refractivity contribution >= 4 is 18.3 Å². The lowest BCUT2D eigenvalue weighted by Crippen LogP contribution is -2.15. The van der Waals surface area contributed by atoms with E-state index in [1.165, 1.54) is 18.6 Å². The third-order valence-corrected chi connectivity index (χ3v) is 2.67. The molecule has 13 heavy (non-hydrogen) atoms. The molecule has 0 saturated heterocycles. The molecule has 0 aromatic rings. The van der Waals surface area contributed by atoms with Crippen molar-refractivity contribution in [1.82, 2.24) is 9.62 Å². The van der Waals surface area contributed by atoms with Gasteiger partial charge in [0.2, 0.25) is 0 Å². The molecule has 78 valence electrons. The molecular weight excluding hydrogens is 182 g/mol. The van der Waals surface area contributed by atoms with Crippen LogP contribution in [0.4, 0.5) is 0 Å². The first kappa shape index (κ1) is 12.8. The average molecular weight is 203 g/mol. The Balaban J connectivity index is 3.19. The van der Waals surface area contributed by atoms with Gasteiger partial charge in [-0.1, -0.05) is 25.3 Å². The molecule has 0 saturated carbocycles. The summed E-state index contributed by atoms with van der Waals surface area (Å²) in [5.74, 6) is 1.22. The summed E-state index contributed by atoms with van der Waals surface area (Å²) >= 11 is 1.90. The fourth-order valence-corrected chi connectivity index (χ4v) is 1.72. The van der Waals surface area contributed by atoms with Crippen LogP contribution >= 0.6 is 11.9 Å². The summed E-state index contributed by atoms with van der Waals surface area (Å²) in [5.41, 5.74) is 0. The molecule has 0 fully saturated rings. The maximum Gasteiger partial charge on any atom is 0.0821 e. The van der Waals surface area contributed by atoms with Gasteiger partial charge in [-0.2, -0.15) is 0 Å². The lowest BCUT2D eigenvalue weighted by Gasteiger charge is -2.13. The van der Waals surface area contributed by atoms with Gasteiger partial charge in [0.05, 0.1) is 12.9 Å². The van der Waals surface area contributed by atoms with E-state index in [1.54, 1.807) is 6.34 Å². The average Bonchev–Trinajstić information content (AvgIpc) is 2.13. The Labute approximate surface area is 86.1 Å². The highest BCUT2D eigenvalue weighted by molar-refractivity contribution is 7.96. The number of unbranched alkanes of at least 4 members (excludes halogenated alkanes) is 1. The van der Waals surface area contributed by atoms with Gasteiger partial charge in [-0.15, -0.1) is 0 Å². The van der Waals surface area contributed by atoms with E-state index >= 15 is 0 Å². The molecule has 0 radical (unpaired) electrons. The minimum Gasteiger partial charge on any atom is -0.380 e. The first-order valence-electron chi connectivity index (χ1n) is 4.80. The highest BCUT2D eigenvalue weighted by Crippen LogP contribution is 2.08. The normalized spacial score (nSPS) is 11.4. The van der Waals surface area contributed by atoms with Gasteiger partial charge in [-0.3, -0.25) is 9.30 Å². The van der Waals surface area contributed by atoms with Gasteiger partial charge < -0.3 is 5.32 Å². The molecule has 0 spiro atoms. The van der Waals surface area contributed by atoms with Crippen LogP contribution in [-0.4, -0.2) is 43.6 Å². The van der Waals surface area contributed by atoms with E-state index in [1.807, 2.05) is 19.0 Å². The number of rotatable bonds is 8. The van der Waals surface area contributed by atoms with Crippen molar-refractivity contribution in [2.24, 2.45) is 4.99 Å². The number of likely N-dealkylation sites (N-methyl/N-ethyl adjacent to an activating group) is 1. The fourth-order valence-electron chi connectivity index (χ4n) is 0.784. The molecule has 0 rings (SSSR count). The maximum absolute atomic E-state index is 4.17. The molecule has 0 amide bonds. The molecule has 3 nitrogen and oxygen atoms in total. The standard InChI is InChI=1S/C9H21N3S/c1-4-5-8-13-12(3)7-6-11-9-10-2/h9H,4-8H2,1-3H3,(H,10,11). The second kappa shape index (κ2) is 9.86. The van der Waals surface area contributed by atoms with Gasteiger partial charge in [-0.25, -0.2) is 0 Å². The number of aliphatic imine (C=N–C) groups is 1. The molecule has 0 aromatic carbocycles. The van der Waals surface area contributed by atoms with Crippen molar-refractivity contribution in [3.63, 3.8) is 0 Å². The quantitative estimate of drug-likeness (QED) is 0.281. The summed E-state index contributed by atoms with van der Waals surface area (Å²) in [6, 6.07) is 0. The Bertz CT molecular complexity index is 128. The Hall–Kier alpha value is -0.220. The predicted octanol–water partition coefficient (Wildman–Crippen LogP) is 1.61. The van der Waals surface area contributed by atoms with Crippen LogP contribution in [0.1, 0.15) is 19.8 Å². The maximum atomic E-state index is 4.17. The van der Waals surface area contributed by atoms with E-state index < -0.39 is 0 Å². The van der Waals surface area contributed by atoms with E-state index in [0.29, 0.717) is 0 Å². The minimum atomic E-state index is 0.871. The van der Waals surface area contributed by atoms with Crippen LogP contribution in [0.2, 0.25) is 0 Å². The highest BCUT2D eigenvalue weighted by Gasteiger charge is 1.96.